The summed E-state index contributed by atoms with van der Waals surface area (Å²) in [5, 5.41) is 10.3. The van der Waals surface area contributed by atoms with E-state index in [2.05, 4.69) is 14.9 Å². The largest absolute Gasteiger partial charge is 0.393 e. The van der Waals surface area contributed by atoms with Crippen molar-refractivity contribution < 1.29 is 5.11 Å². The topological polar surface area (TPSA) is 75.3 Å². The molecule has 2 aliphatic rings. The number of aromatic nitrogens is 2. The molecular weight excluding hydrogens is 252 g/mol. The van der Waals surface area contributed by atoms with Crippen LogP contribution in [0.3, 0.4) is 0 Å². The SMILES string of the molecule is Nc1ccnc(CN2CCC[C@@H]2[C@@H]2CCCC[C@@H]2O)n1. The maximum atomic E-state index is 10.3. The van der Waals surface area contributed by atoms with Crippen molar-refractivity contribution in [2.45, 2.75) is 57.2 Å². The quantitative estimate of drug-likeness (QED) is 0.876. The molecule has 0 spiro atoms. The summed E-state index contributed by atoms with van der Waals surface area (Å²) in [5.74, 6) is 1.75. The van der Waals surface area contributed by atoms with E-state index >= 15 is 0 Å². The molecule has 1 saturated carbocycles. The molecule has 3 N–H and O–H groups in total. The second kappa shape index (κ2) is 6.06. The standard InChI is InChI=1S/C15H24N4O/c16-14-7-8-17-15(18-14)10-19-9-3-5-12(19)11-4-1-2-6-13(11)20/h7-8,11-13,20H,1-6,9-10H2,(H2,16,17,18)/t11-,12+,13-/m0/s1. The van der Waals surface area contributed by atoms with Crippen molar-refractivity contribution in [1.82, 2.24) is 14.9 Å². The third-order valence-electron chi connectivity index (χ3n) is 4.76. The van der Waals surface area contributed by atoms with Gasteiger partial charge in [0.1, 0.15) is 11.6 Å². The molecular formula is C15H24N4O. The number of aliphatic hydroxyl groups excluding tert-OH is 1. The second-order valence-corrected chi connectivity index (χ2v) is 6.09. The zero-order valence-corrected chi connectivity index (χ0v) is 11.9. The number of anilines is 1. The Morgan fingerprint density at radius 2 is 2.10 bits per heavy atom. The smallest absolute Gasteiger partial charge is 0.144 e. The molecule has 1 aromatic rings. The molecule has 0 unspecified atom stereocenters. The minimum atomic E-state index is -0.129. The van der Waals surface area contributed by atoms with E-state index in [1.807, 2.05) is 0 Å². The van der Waals surface area contributed by atoms with Crippen LogP contribution < -0.4 is 5.73 Å². The molecule has 1 aliphatic heterocycles. The molecule has 0 amide bonds. The minimum Gasteiger partial charge on any atom is -0.393 e. The molecule has 20 heavy (non-hydrogen) atoms. The lowest BCUT2D eigenvalue weighted by molar-refractivity contribution is 0.0195. The highest BCUT2D eigenvalue weighted by Gasteiger charge is 2.36. The minimum absolute atomic E-state index is 0.129. The Hall–Kier alpha value is -1.20. The van der Waals surface area contributed by atoms with Crippen LogP contribution in [0.15, 0.2) is 12.3 Å². The fourth-order valence-corrected chi connectivity index (χ4v) is 3.79. The number of likely N-dealkylation sites (tertiary alicyclic amines) is 1. The van der Waals surface area contributed by atoms with Crippen LogP contribution in [0.4, 0.5) is 5.82 Å². The summed E-state index contributed by atoms with van der Waals surface area (Å²) in [6, 6.07) is 2.20. The van der Waals surface area contributed by atoms with Crippen molar-refractivity contribution in [3.63, 3.8) is 0 Å². The lowest BCUT2D eigenvalue weighted by atomic mass is 9.80. The van der Waals surface area contributed by atoms with E-state index in [9.17, 15) is 5.11 Å². The zero-order chi connectivity index (χ0) is 13.9. The number of nitrogens with zero attached hydrogens (tertiary/aromatic N) is 3. The van der Waals surface area contributed by atoms with Gasteiger partial charge in [-0.25, -0.2) is 9.97 Å². The van der Waals surface area contributed by atoms with Crippen molar-refractivity contribution in [3.8, 4) is 0 Å². The van der Waals surface area contributed by atoms with Crippen LogP contribution in [0.5, 0.6) is 0 Å². The van der Waals surface area contributed by atoms with Gasteiger partial charge in [0.05, 0.1) is 12.6 Å². The molecule has 3 atom stereocenters. The van der Waals surface area contributed by atoms with Gasteiger partial charge < -0.3 is 10.8 Å². The number of hydrogen-bond donors (Lipinski definition) is 2. The van der Waals surface area contributed by atoms with Crippen LogP contribution >= 0.6 is 0 Å². The summed E-state index contributed by atoms with van der Waals surface area (Å²) in [6.07, 6.45) is 8.52. The monoisotopic (exact) mass is 276 g/mol. The summed E-state index contributed by atoms with van der Waals surface area (Å²) >= 11 is 0. The average Bonchev–Trinajstić information content (AvgIpc) is 2.87. The number of hydrogen-bond acceptors (Lipinski definition) is 5. The van der Waals surface area contributed by atoms with E-state index in [0.29, 0.717) is 17.8 Å². The lowest BCUT2D eigenvalue weighted by Crippen LogP contribution is -2.42. The van der Waals surface area contributed by atoms with Gasteiger partial charge in [-0.1, -0.05) is 12.8 Å². The second-order valence-electron chi connectivity index (χ2n) is 6.09. The fraction of sp³-hybridized carbons (Fsp3) is 0.733. The first kappa shape index (κ1) is 13.8. The molecule has 0 radical (unpaired) electrons. The molecule has 1 aliphatic carbocycles. The third-order valence-corrected chi connectivity index (χ3v) is 4.76. The Kier molecular flexibility index (Phi) is 4.17. The van der Waals surface area contributed by atoms with Gasteiger partial charge in [-0.3, -0.25) is 4.90 Å². The normalized spacial score (nSPS) is 31.6. The maximum absolute atomic E-state index is 10.3. The van der Waals surface area contributed by atoms with Crippen molar-refractivity contribution in [2.24, 2.45) is 5.92 Å². The highest BCUT2D eigenvalue weighted by Crippen LogP contribution is 2.35. The van der Waals surface area contributed by atoms with Crippen LogP contribution in [0.2, 0.25) is 0 Å². The molecule has 2 heterocycles. The van der Waals surface area contributed by atoms with Gasteiger partial charge >= 0.3 is 0 Å². The zero-order valence-electron chi connectivity index (χ0n) is 11.9. The fourth-order valence-electron chi connectivity index (χ4n) is 3.79. The van der Waals surface area contributed by atoms with Gasteiger partial charge in [0.25, 0.3) is 0 Å². The van der Waals surface area contributed by atoms with E-state index in [0.717, 1.165) is 31.8 Å². The van der Waals surface area contributed by atoms with E-state index < -0.39 is 0 Å². The van der Waals surface area contributed by atoms with Crippen molar-refractivity contribution in [3.05, 3.63) is 18.1 Å². The number of nitrogen functional groups attached to an aromatic ring is 1. The Balaban J connectivity index is 1.69. The summed E-state index contributed by atoms with van der Waals surface area (Å²) in [4.78, 5) is 11.0. The Morgan fingerprint density at radius 1 is 1.25 bits per heavy atom. The molecule has 5 heteroatoms. The molecule has 1 saturated heterocycles. The molecule has 3 rings (SSSR count). The molecule has 5 nitrogen and oxygen atoms in total. The van der Waals surface area contributed by atoms with Gasteiger partial charge in [-0.05, 0) is 38.3 Å². The van der Waals surface area contributed by atoms with Crippen LogP contribution in [0, 0.1) is 5.92 Å². The van der Waals surface area contributed by atoms with E-state index in [4.69, 9.17) is 5.73 Å². The van der Waals surface area contributed by atoms with Gasteiger partial charge in [0.2, 0.25) is 0 Å². The van der Waals surface area contributed by atoms with Crippen LogP contribution in [-0.2, 0) is 6.54 Å². The maximum Gasteiger partial charge on any atom is 0.144 e. The highest BCUT2D eigenvalue weighted by atomic mass is 16.3. The van der Waals surface area contributed by atoms with Crippen molar-refractivity contribution >= 4 is 5.82 Å². The van der Waals surface area contributed by atoms with Gasteiger partial charge in [-0.2, -0.15) is 0 Å². The number of rotatable bonds is 3. The highest BCUT2D eigenvalue weighted by molar-refractivity contribution is 5.25. The predicted molar refractivity (Wildman–Crippen MR) is 77.8 cm³/mol. The van der Waals surface area contributed by atoms with Gasteiger partial charge in [0.15, 0.2) is 0 Å². The first-order chi connectivity index (χ1) is 9.74. The molecule has 0 bridgehead atoms. The van der Waals surface area contributed by atoms with Crippen molar-refractivity contribution in [2.75, 3.05) is 12.3 Å². The van der Waals surface area contributed by atoms with E-state index in [1.165, 1.54) is 25.7 Å². The van der Waals surface area contributed by atoms with Gasteiger partial charge in [0, 0.05) is 18.2 Å². The Bertz CT molecular complexity index is 453. The number of aliphatic hydroxyl groups is 1. The van der Waals surface area contributed by atoms with Crippen molar-refractivity contribution in [1.29, 1.82) is 0 Å². The molecule has 1 aromatic heterocycles. The van der Waals surface area contributed by atoms with E-state index in [-0.39, 0.29) is 6.10 Å². The molecule has 110 valence electrons. The molecule has 2 fully saturated rings. The number of nitrogens with two attached hydrogens (primary N) is 1. The predicted octanol–water partition coefficient (Wildman–Crippen LogP) is 1.57. The third kappa shape index (κ3) is 2.94. The summed E-state index contributed by atoms with van der Waals surface area (Å²) < 4.78 is 0. The summed E-state index contributed by atoms with van der Waals surface area (Å²) in [5.41, 5.74) is 5.72. The Labute approximate surface area is 120 Å². The van der Waals surface area contributed by atoms with Crippen LogP contribution in [-0.4, -0.2) is 38.7 Å². The van der Waals surface area contributed by atoms with E-state index in [1.54, 1.807) is 12.3 Å². The summed E-state index contributed by atoms with van der Waals surface area (Å²) in [7, 11) is 0. The molecule has 0 aromatic carbocycles. The lowest BCUT2D eigenvalue weighted by Gasteiger charge is -2.37. The van der Waals surface area contributed by atoms with Gasteiger partial charge in [-0.15, -0.1) is 0 Å². The first-order valence-electron chi connectivity index (χ1n) is 7.73. The average molecular weight is 276 g/mol. The van der Waals surface area contributed by atoms with Crippen LogP contribution in [0.1, 0.15) is 44.3 Å². The Morgan fingerprint density at radius 3 is 2.90 bits per heavy atom. The first-order valence-corrected chi connectivity index (χ1v) is 7.73. The summed E-state index contributed by atoms with van der Waals surface area (Å²) in [6.45, 7) is 1.82. The van der Waals surface area contributed by atoms with Crippen LogP contribution in [0.25, 0.3) is 0 Å².